The highest BCUT2D eigenvalue weighted by atomic mass is 35.5. The Kier molecular flexibility index (Phi) is 6.72. The molecule has 3 aromatic rings. The van der Waals surface area contributed by atoms with E-state index in [0.717, 1.165) is 12.0 Å². The minimum atomic E-state index is -3.58. The van der Waals surface area contributed by atoms with Crippen LogP contribution in [0.15, 0.2) is 57.9 Å². The Bertz CT molecular complexity index is 1060. The summed E-state index contributed by atoms with van der Waals surface area (Å²) in [5, 5.41) is 4.45. The first kappa shape index (κ1) is 21.5. The standard InChI is InChI=1S/C21H24ClN3O3S/c1-15(2)14-16-8-10-17(11-9-16)29(26,27)25(3)13-12-20-23-21(28-24-20)18-6-4-5-7-19(18)22/h4-11,15H,12-14H2,1-3H3. The third kappa shape index (κ3) is 5.23. The Morgan fingerprint density at radius 3 is 2.45 bits per heavy atom. The van der Waals surface area contributed by atoms with Crippen molar-refractivity contribution in [1.29, 1.82) is 0 Å². The van der Waals surface area contributed by atoms with Gasteiger partial charge in [-0.05, 0) is 42.2 Å². The molecule has 29 heavy (non-hydrogen) atoms. The second-order valence-electron chi connectivity index (χ2n) is 7.31. The molecule has 1 aromatic heterocycles. The number of hydrogen-bond donors (Lipinski definition) is 0. The highest BCUT2D eigenvalue weighted by Gasteiger charge is 2.21. The number of aromatic nitrogens is 2. The van der Waals surface area contributed by atoms with Gasteiger partial charge in [0.2, 0.25) is 10.0 Å². The smallest absolute Gasteiger partial charge is 0.259 e. The van der Waals surface area contributed by atoms with Crippen molar-refractivity contribution in [3.05, 3.63) is 64.9 Å². The number of rotatable bonds is 8. The molecule has 0 radical (unpaired) electrons. The van der Waals surface area contributed by atoms with Crippen molar-refractivity contribution in [2.75, 3.05) is 13.6 Å². The van der Waals surface area contributed by atoms with Crippen molar-refractivity contribution in [1.82, 2.24) is 14.4 Å². The van der Waals surface area contributed by atoms with E-state index in [4.69, 9.17) is 16.1 Å². The van der Waals surface area contributed by atoms with Gasteiger partial charge >= 0.3 is 0 Å². The monoisotopic (exact) mass is 433 g/mol. The summed E-state index contributed by atoms with van der Waals surface area (Å²) in [4.78, 5) is 4.60. The molecule has 154 valence electrons. The zero-order valence-electron chi connectivity index (χ0n) is 16.7. The number of sulfonamides is 1. The summed E-state index contributed by atoms with van der Waals surface area (Å²) in [5.74, 6) is 1.26. The van der Waals surface area contributed by atoms with Gasteiger partial charge < -0.3 is 4.52 Å². The maximum atomic E-state index is 12.8. The third-order valence-electron chi connectivity index (χ3n) is 4.50. The van der Waals surface area contributed by atoms with E-state index < -0.39 is 10.0 Å². The molecule has 3 rings (SSSR count). The second-order valence-corrected chi connectivity index (χ2v) is 9.77. The maximum absolute atomic E-state index is 12.8. The summed E-state index contributed by atoms with van der Waals surface area (Å²) in [6.07, 6.45) is 1.25. The van der Waals surface area contributed by atoms with E-state index in [1.165, 1.54) is 4.31 Å². The fourth-order valence-corrected chi connectivity index (χ4v) is 4.31. The van der Waals surface area contributed by atoms with Crippen molar-refractivity contribution < 1.29 is 12.9 Å². The van der Waals surface area contributed by atoms with Gasteiger partial charge in [-0.25, -0.2) is 12.7 Å². The Hall–Kier alpha value is -2.22. The lowest BCUT2D eigenvalue weighted by Gasteiger charge is -2.16. The molecular formula is C21H24ClN3O3S. The highest BCUT2D eigenvalue weighted by Crippen LogP contribution is 2.26. The summed E-state index contributed by atoms with van der Waals surface area (Å²) in [6.45, 7) is 4.50. The van der Waals surface area contributed by atoms with Gasteiger partial charge in [0.25, 0.3) is 5.89 Å². The van der Waals surface area contributed by atoms with Crippen LogP contribution >= 0.6 is 11.6 Å². The summed E-state index contributed by atoms with van der Waals surface area (Å²) in [6, 6.07) is 14.2. The molecule has 0 aliphatic rings. The van der Waals surface area contributed by atoms with Crippen molar-refractivity contribution in [3.8, 4) is 11.5 Å². The van der Waals surface area contributed by atoms with E-state index >= 15 is 0 Å². The molecule has 0 unspecified atom stereocenters. The first-order valence-electron chi connectivity index (χ1n) is 9.40. The SMILES string of the molecule is CC(C)Cc1ccc(S(=O)(=O)N(C)CCc2noc(-c3ccccc3Cl)n2)cc1. The molecule has 2 aromatic carbocycles. The Morgan fingerprint density at radius 1 is 1.10 bits per heavy atom. The lowest BCUT2D eigenvalue weighted by molar-refractivity contribution is 0.415. The summed E-state index contributed by atoms with van der Waals surface area (Å²) in [7, 11) is -2.03. The normalized spacial score (nSPS) is 12.1. The van der Waals surface area contributed by atoms with Crippen LogP contribution in [-0.4, -0.2) is 36.5 Å². The van der Waals surface area contributed by atoms with Crippen LogP contribution in [0.2, 0.25) is 5.02 Å². The molecule has 0 spiro atoms. The van der Waals surface area contributed by atoms with Crippen LogP contribution in [0.5, 0.6) is 0 Å². The summed E-state index contributed by atoms with van der Waals surface area (Å²) >= 11 is 6.15. The number of benzene rings is 2. The number of likely N-dealkylation sites (N-methyl/N-ethyl adjacent to an activating group) is 1. The minimum absolute atomic E-state index is 0.234. The molecule has 6 nitrogen and oxygen atoms in total. The minimum Gasteiger partial charge on any atom is -0.334 e. The quantitative estimate of drug-likeness (QED) is 0.524. The van der Waals surface area contributed by atoms with E-state index in [-0.39, 0.29) is 11.4 Å². The van der Waals surface area contributed by atoms with Gasteiger partial charge in [-0.3, -0.25) is 0 Å². The Labute approximate surface area is 176 Å². The van der Waals surface area contributed by atoms with Crippen LogP contribution in [-0.2, 0) is 22.9 Å². The van der Waals surface area contributed by atoms with E-state index in [2.05, 4.69) is 24.0 Å². The molecule has 8 heteroatoms. The van der Waals surface area contributed by atoms with Gasteiger partial charge in [0.15, 0.2) is 5.82 Å². The topological polar surface area (TPSA) is 76.3 Å². The van der Waals surface area contributed by atoms with Crippen molar-refractivity contribution in [3.63, 3.8) is 0 Å². The van der Waals surface area contributed by atoms with Crippen LogP contribution < -0.4 is 0 Å². The first-order valence-corrected chi connectivity index (χ1v) is 11.2. The third-order valence-corrected chi connectivity index (χ3v) is 6.70. The molecule has 0 amide bonds. The van der Waals surface area contributed by atoms with E-state index in [9.17, 15) is 8.42 Å². The van der Waals surface area contributed by atoms with Crippen LogP contribution in [0, 0.1) is 5.92 Å². The molecule has 0 N–H and O–H groups in total. The van der Waals surface area contributed by atoms with Crippen molar-refractivity contribution in [2.45, 2.75) is 31.6 Å². The van der Waals surface area contributed by atoms with Gasteiger partial charge in [-0.15, -0.1) is 0 Å². The van der Waals surface area contributed by atoms with Crippen LogP contribution in [0.25, 0.3) is 11.5 Å². The first-order chi connectivity index (χ1) is 13.8. The molecule has 1 heterocycles. The lowest BCUT2D eigenvalue weighted by Crippen LogP contribution is -2.29. The fourth-order valence-electron chi connectivity index (χ4n) is 2.93. The maximum Gasteiger partial charge on any atom is 0.259 e. The van der Waals surface area contributed by atoms with Crippen LogP contribution in [0.3, 0.4) is 0 Å². The van der Waals surface area contributed by atoms with Gasteiger partial charge in [0, 0.05) is 20.0 Å². The molecule has 0 saturated carbocycles. The van der Waals surface area contributed by atoms with Gasteiger partial charge in [-0.1, -0.05) is 54.9 Å². The summed E-state index contributed by atoms with van der Waals surface area (Å²) < 4.78 is 32.2. The molecule has 0 fully saturated rings. The molecule has 0 saturated heterocycles. The van der Waals surface area contributed by atoms with Crippen molar-refractivity contribution in [2.24, 2.45) is 5.92 Å². The zero-order chi connectivity index (χ0) is 21.0. The number of hydrogen-bond acceptors (Lipinski definition) is 5. The van der Waals surface area contributed by atoms with Crippen LogP contribution in [0.4, 0.5) is 0 Å². The predicted molar refractivity (Wildman–Crippen MR) is 113 cm³/mol. The average Bonchev–Trinajstić information content (AvgIpc) is 3.15. The highest BCUT2D eigenvalue weighted by molar-refractivity contribution is 7.89. The predicted octanol–water partition coefficient (Wildman–Crippen LogP) is 4.45. The van der Waals surface area contributed by atoms with Gasteiger partial charge in [0.1, 0.15) is 0 Å². The summed E-state index contributed by atoms with van der Waals surface area (Å²) in [5.41, 5.74) is 1.77. The van der Waals surface area contributed by atoms with Crippen LogP contribution in [0.1, 0.15) is 25.2 Å². The molecular weight excluding hydrogens is 410 g/mol. The van der Waals surface area contributed by atoms with Gasteiger partial charge in [0.05, 0.1) is 15.5 Å². The van der Waals surface area contributed by atoms with E-state index in [1.54, 1.807) is 31.3 Å². The molecule has 0 aliphatic heterocycles. The average molecular weight is 434 g/mol. The van der Waals surface area contributed by atoms with E-state index in [0.29, 0.717) is 34.6 Å². The largest absolute Gasteiger partial charge is 0.334 e. The number of nitrogens with zero attached hydrogens (tertiary/aromatic N) is 3. The Balaban J connectivity index is 1.65. The zero-order valence-corrected chi connectivity index (χ0v) is 18.2. The number of halogens is 1. The second kappa shape index (κ2) is 9.07. The Morgan fingerprint density at radius 2 is 1.79 bits per heavy atom. The molecule has 0 atom stereocenters. The lowest BCUT2D eigenvalue weighted by atomic mass is 10.0. The van der Waals surface area contributed by atoms with E-state index in [1.807, 2.05) is 24.3 Å². The fraction of sp³-hybridized carbons (Fsp3) is 0.333. The van der Waals surface area contributed by atoms with Gasteiger partial charge in [-0.2, -0.15) is 4.98 Å². The molecule has 0 aliphatic carbocycles. The van der Waals surface area contributed by atoms with Crippen molar-refractivity contribution >= 4 is 21.6 Å². The molecule has 0 bridgehead atoms.